The van der Waals surface area contributed by atoms with E-state index in [4.69, 9.17) is 4.74 Å². The number of rotatable bonds is 6. The molecule has 5 rings (SSSR count). The van der Waals surface area contributed by atoms with Crippen LogP contribution in [0.25, 0.3) is 0 Å². The molecule has 0 amide bonds. The molecule has 1 aromatic carbocycles. The third-order valence-corrected chi connectivity index (χ3v) is 7.92. The van der Waals surface area contributed by atoms with E-state index in [1.165, 1.54) is 26.3 Å². The molecule has 0 saturated carbocycles. The van der Waals surface area contributed by atoms with Crippen LogP contribution in [-0.4, -0.2) is 44.0 Å². The van der Waals surface area contributed by atoms with Gasteiger partial charge in [-0.25, -0.2) is 4.31 Å². The number of hydrogen-bond donors (Lipinski definition) is 1. The Labute approximate surface area is 188 Å². The molecule has 2 aromatic rings. The molecule has 0 bridgehead atoms. The molecule has 1 aliphatic heterocycles. The van der Waals surface area contributed by atoms with Gasteiger partial charge in [0, 0.05) is 38.0 Å². The Balaban J connectivity index is 1.45. The van der Waals surface area contributed by atoms with Crippen molar-refractivity contribution in [2.75, 3.05) is 29.4 Å². The summed E-state index contributed by atoms with van der Waals surface area (Å²) in [5.74, 6) is 0.0453. The molecule has 0 spiro atoms. The Morgan fingerprint density at radius 3 is 2.59 bits per heavy atom. The van der Waals surface area contributed by atoms with Crippen molar-refractivity contribution in [1.82, 2.24) is 9.78 Å². The van der Waals surface area contributed by atoms with Crippen LogP contribution in [0.15, 0.2) is 22.9 Å². The summed E-state index contributed by atoms with van der Waals surface area (Å²) in [6.07, 6.45) is 9.74. The van der Waals surface area contributed by atoms with Gasteiger partial charge >= 0.3 is 10.2 Å². The molecule has 2 heterocycles. The molecule has 32 heavy (non-hydrogen) atoms. The normalized spacial score (nSPS) is 20.4. The Hall–Kier alpha value is -2.59. The molecule has 10 heteroatoms. The van der Waals surface area contributed by atoms with E-state index >= 15 is 0 Å². The number of amidine groups is 1. The van der Waals surface area contributed by atoms with Crippen molar-refractivity contribution in [1.29, 1.82) is 0 Å². The fraction of sp³-hybridized carbons (Fsp3) is 0.545. The van der Waals surface area contributed by atoms with Gasteiger partial charge in [0.05, 0.1) is 24.5 Å². The quantitative estimate of drug-likeness (QED) is 0.516. The Kier molecular flexibility index (Phi) is 5.58. The topological polar surface area (TPSA) is 112 Å². The highest BCUT2D eigenvalue weighted by Gasteiger charge is 2.29. The molecular formula is C22H28N5O4S-. The van der Waals surface area contributed by atoms with Crippen LogP contribution in [0.2, 0.25) is 0 Å². The average molecular weight is 459 g/mol. The zero-order chi connectivity index (χ0) is 22.3. The highest BCUT2D eigenvalue weighted by atomic mass is 32.2. The highest BCUT2D eigenvalue weighted by Crippen LogP contribution is 2.38. The minimum absolute atomic E-state index is 0.0453. The summed E-state index contributed by atoms with van der Waals surface area (Å²) in [6, 6.07) is 1.41. The maximum atomic E-state index is 13.2. The largest absolute Gasteiger partial charge is 0.845 e. The summed E-state index contributed by atoms with van der Waals surface area (Å²) in [5.41, 5.74) is 5.98. The molecule has 3 aliphatic rings. The lowest BCUT2D eigenvalue weighted by atomic mass is 9.99. The summed E-state index contributed by atoms with van der Waals surface area (Å²) in [6.45, 7) is 1.29. The van der Waals surface area contributed by atoms with Crippen LogP contribution in [0.5, 0.6) is 0 Å². The van der Waals surface area contributed by atoms with Crippen molar-refractivity contribution in [2.45, 2.75) is 44.9 Å². The van der Waals surface area contributed by atoms with Crippen molar-refractivity contribution in [3.63, 3.8) is 0 Å². The van der Waals surface area contributed by atoms with Gasteiger partial charge in [0.2, 0.25) is 0 Å². The third-order valence-electron chi connectivity index (χ3n) is 6.61. The molecule has 1 N–H and O–H groups in total. The minimum atomic E-state index is -4.26. The first-order valence-electron chi connectivity index (χ1n) is 11.2. The van der Waals surface area contributed by atoms with E-state index in [1.54, 1.807) is 13.2 Å². The number of ether oxygens (including phenoxy) is 1. The zero-order valence-corrected chi connectivity index (χ0v) is 19.0. The van der Waals surface area contributed by atoms with Gasteiger partial charge in [-0.3, -0.25) is 4.68 Å². The van der Waals surface area contributed by atoms with Crippen LogP contribution >= 0.6 is 0 Å². The summed E-state index contributed by atoms with van der Waals surface area (Å²) in [7, 11) is -2.54. The van der Waals surface area contributed by atoms with E-state index in [0.717, 1.165) is 61.8 Å². The molecule has 1 unspecified atom stereocenters. The maximum Gasteiger partial charge on any atom is 0.345 e. The summed E-state index contributed by atoms with van der Waals surface area (Å²) >= 11 is 0. The Morgan fingerprint density at radius 1 is 1.28 bits per heavy atom. The highest BCUT2D eigenvalue weighted by molar-refractivity contribution is 7.91. The summed E-state index contributed by atoms with van der Waals surface area (Å²) in [4.78, 5) is 0. The van der Waals surface area contributed by atoms with Gasteiger partial charge in [-0.1, -0.05) is 6.07 Å². The van der Waals surface area contributed by atoms with E-state index in [2.05, 4.69) is 20.9 Å². The van der Waals surface area contributed by atoms with Gasteiger partial charge in [0.1, 0.15) is 0 Å². The fourth-order valence-electron chi connectivity index (χ4n) is 5.08. The third kappa shape index (κ3) is 4.09. The van der Waals surface area contributed by atoms with Crippen LogP contribution < -0.4 is 14.7 Å². The zero-order valence-electron chi connectivity index (χ0n) is 18.2. The van der Waals surface area contributed by atoms with E-state index in [-0.39, 0.29) is 12.5 Å². The smallest absolute Gasteiger partial charge is 0.345 e. The first-order valence-corrected chi connectivity index (χ1v) is 12.6. The monoisotopic (exact) mass is 458 g/mol. The second kappa shape index (κ2) is 8.40. The maximum absolute atomic E-state index is 13.2. The second-order valence-electron chi connectivity index (χ2n) is 8.87. The number of anilines is 2. The van der Waals surface area contributed by atoms with Crippen LogP contribution in [-0.2, 0) is 47.7 Å². The summed E-state index contributed by atoms with van der Waals surface area (Å²) in [5, 5.41) is 19.8. The SMILES string of the molecule is Cn1cc(N(CC2CCOC2)S(=O)(=O)/N=C(\[O-])Nc2c3c(cc4c2CCC4)CCC3)cn1. The van der Waals surface area contributed by atoms with Gasteiger partial charge in [0.25, 0.3) is 0 Å². The molecule has 1 saturated heterocycles. The van der Waals surface area contributed by atoms with Crippen LogP contribution in [0.4, 0.5) is 11.4 Å². The molecule has 1 atom stereocenters. The Morgan fingerprint density at radius 2 is 2.00 bits per heavy atom. The lowest BCUT2D eigenvalue weighted by molar-refractivity contribution is -0.213. The minimum Gasteiger partial charge on any atom is -0.845 e. The van der Waals surface area contributed by atoms with Crippen LogP contribution in [0.3, 0.4) is 0 Å². The van der Waals surface area contributed by atoms with Gasteiger partial charge in [-0.2, -0.15) is 13.5 Å². The van der Waals surface area contributed by atoms with Gasteiger partial charge in [-0.15, -0.1) is 4.40 Å². The van der Waals surface area contributed by atoms with Gasteiger partial charge in [0.15, 0.2) is 0 Å². The molecule has 172 valence electrons. The Bertz CT molecular complexity index is 1120. The lowest BCUT2D eigenvalue weighted by Crippen LogP contribution is -2.37. The number of aryl methyl sites for hydroxylation is 3. The molecule has 2 aliphatic carbocycles. The molecular weight excluding hydrogens is 430 g/mol. The fourth-order valence-corrected chi connectivity index (χ4v) is 6.20. The van der Waals surface area contributed by atoms with Crippen molar-refractivity contribution in [3.05, 3.63) is 40.7 Å². The first-order chi connectivity index (χ1) is 15.4. The van der Waals surface area contributed by atoms with E-state index in [9.17, 15) is 13.5 Å². The molecule has 0 radical (unpaired) electrons. The number of hydrogen-bond acceptors (Lipinski definition) is 5. The van der Waals surface area contributed by atoms with Crippen LogP contribution in [0, 0.1) is 5.92 Å². The molecule has 1 aromatic heterocycles. The second-order valence-corrected chi connectivity index (χ2v) is 10.4. The van der Waals surface area contributed by atoms with Crippen molar-refractivity contribution < 1.29 is 18.3 Å². The summed E-state index contributed by atoms with van der Waals surface area (Å²) < 4.78 is 38.2. The number of fused-ring (bicyclic) bond motifs is 2. The van der Waals surface area contributed by atoms with Gasteiger partial charge < -0.3 is 15.2 Å². The van der Waals surface area contributed by atoms with Crippen molar-refractivity contribution >= 4 is 27.6 Å². The van der Waals surface area contributed by atoms with Crippen molar-refractivity contribution in [3.8, 4) is 0 Å². The number of benzene rings is 1. The van der Waals surface area contributed by atoms with Gasteiger partial charge in [-0.05, 0) is 67.2 Å². The van der Waals surface area contributed by atoms with E-state index in [1.807, 2.05) is 0 Å². The average Bonchev–Trinajstić information content (AvgIpc) is 3.52. The first kappa shape index (κ1) is 21.3. The standard InChI is InChI=1S/C22H29N5O4S/c1-26-13-18(11-23-26)27(12-15-8-9-31-14-15)32(29,30)25-22(28)24-21-19-6-2-4-16(19)10-17-5-3-7-20(17)21/h10-11,13,15H,2-9,12,14H2,1H3,(H2,24,25,28)/p-1. The number of nitrogens with one attached hydrogen (secondary N) is 1. The molecule has 1 fully saturated rings. The lowest BCUT2D eigenvalue weighted by Gasteiger charge is -2.25. The number of aromatic nitrogens is 2. The van der Waals surface area contributed by atoms with E-state index in [0.29, 0.717) is 18.9 Å². The van der Waals surface area contributed by atoms with E-state index < -0.39 is 16.2 Å². The predicted molar refractivity (Wildman–Crippen MR) is 120 cm³/mol. The molecule has 9 nitrogen and oxygen atoms in total. The van der Waals surface area contributed by atoms with Crippen LogP contribution in [0.1, 0.15) is 41.5 Å². The number of nitrogens with zero attached hydrogens (tertiary/aromatic N) is 4. The van der Waals surface area contributed by atoms with Crippen molar-refractivity contribution in [2.24, 2.45) is 17.4 Å². The predicted octanol–water partition coefficient (Wildman–Crippen LogP) is 1.31.